The molecule has 98 valence electrons. The largest absolute Gasteiger partial charge is 0.466 e. The molecular weight excluding hydrogens is 248 g/mol. The Bertz CT molecular complexity index is 640. The third kappa shape index (κ3) is 2.67. The molecular formula is C13H12N2O4. The third-order valence-corrected chi connectivity index (χ3v) is 2.68. The number of hydrogen-bond donors (Lipinski definition) is 0. The minimum atomic E-state index is -0.483. The zero-order valence-electron chi connectivity index (χ0n) is 10.3. The number of carbonyl (C=O) groups excluding carboxylic acids is 1. The van der Waals surface area contributed by atoms with Gasteiger partial charge in [-0.25, -0.2) is 4.98 Å². The van der Waals surface area contributed by atoms with Crippen molar-refractivity contribution in [3.8, 4) is 0 Å². The minimum Gasteiger partial charge on any atom is -0.466 e. The lowest BCUT2D eigenvalue weighted by Gasteiger charge is -2.06. The summed E-state index contributed by atoms with van der Waals surface area (Å²) in [5.41, 5.74) is 0.893. The third-order valence-electron chi connectivity index (χ3n) is 2.68. The summed E-state index contributed by atoms with van der Waals surface area (Å²) in [6.45, 7) is 2.04. The van der Waals surface area contributed by atoms with E-state index in [1.54, 1.807) is 25.1 Å². The van der Waals surface area contributed by atoms with Crippen molar-refractivity contribution in [1.82, 2.24) is 4.98 Å². The van der Waals surface area contributed by atoms with Crippen LogP contribution in [-0.4, -0.2) is 22.5 Å². The Morgan fingerprint density at radius 2 is 2.21 bits per heavy atom. The molecule has 0 amide bonds. The molecule has 0 aliphatic heterocycles. The number of rotatable bonds is 4. The number of aromatic nitrogens is 1. The molecule has 0 saturated heterocycles. The lowest BCUT2D eigenvalue weighted by atomic mass is 10.1. The van der Waals surface area contributed by atoms with Gasteiger partial charge < -0.3 is 4.74 Å². The van der Waals surface area contributed by atoms with Crippen molar-refractivity contribution < 1.29 is 14.5 Å². The molecule has 0 aliphatic rings. The predicted octanol–water partition coefficient (Wildman–Crippen LogP) is 2.25. The number of nitro groups is 1. The predicted molar refractivity (Wildman–Crippen MR) is 68.7 cm³/mol. The molecule has 19 heavy (non-hydrogen) atoms. The summed E-state index contributed by atoms with van der Waals surface area (Å²) in [5.74, 6) is -0.360. The average Bonchev–Trinajstić information content (AvgIpc) is 2.38. The average molecular weight is 260 g/mol. The highest BCUT2D eigenvalue weighted by molar-refractivity contribution is 5.91. The number of non-ortho nitro benzene ring substituents is 1. The van der Waals surface area contributed by atoms with Crippen LogP contribution >= 0.6 is 0 Å². The lowest BCUT2D eigenvalue weighted by molar-refractivity contribution is -0.383. The van der Waals surface area contributed by atoms with E-state index in [0.29, 0.717) is 17.6 Å². The van der Waals surface area contributed by atoms with Crippen molar-refractivity contribution in [1.29, 1.82) is 0 Å². The quantitative estimate of drug-likeness (QED) is 0.478. The monoisotopic (exact) mass is 260 g/mol. The second kappa shape index (κ2) is 5.43. The Morgan fingerprint density at radius 1 is 1.42 bits per heavy atom. The van der Waals surface area contributed by atoms with E-state index in [4.69, 9.17) is 4.74 Å². The summed E-state index contributed by atoms with van der Waals surface area (Å²) in [7, 11) is 0. The summed E-state index contributed by atoms with van der Waals surface area (Å²) >= 11 is 0. The Hall–Kier alpha value is -2.50. The summed E-state index contributed by atoms with van der Waals surface area (Å²) in [6, 6.07) is 6.35. The number of nitrogens with zero attached hydrogens (tertiary/aromatic N) is 2. The molecule has 0 saturated carbocycles. The molecule has 0 aliphatic carbocycles. The number of nitro benzene ring substituents is 1. The first-order chi connectivity index (χ1) is 9.13. The van der Waals surface area contributed by atoms with E-state index in [0.717, 1.165) is 0 Å². The second-order valence-corrected chi connectivity index (χ2v) is 3.88. The SMILES string of the molecule is CCOC(=O)Cc1ccnc2c([N+](=O)[O-])cccc12. The molecule has 1 aromatic carbocycles. The Balaban J connectivity index is 2.49. The molecule has 0 atom stereocenters. The van der Waals surface area contributed by atoms with Crippen molar-refractivity contribution in [2.45, 2.75) is 13.3 Å². The van der Waals surface area contributed by atoms with Crippen LogP contribution in [0, 0.1) is 10.1 Å². The number of carbonyl (C=O) groups is 1. The number of benzene rings is 1. The number of fused-ring (bicyclic) bond motifs is 1. The molecule has 1 aromatic heterocycles. The van der Waals surface area contributed by atoms with Crippen molar-refractivity contribution in [3.05, 3.63) is 46.1 Å². The van der Waals surface area contributed by atoms with Crippen LogP contribution in [0.2, 0.25) is 0 Å². The van der Waals surface area contributed by atoms with Gasteiger partial charge >= 0.3 is 5.97 Å². The van der Waals surface area contributed by atoms with Crippen molar-refractivity contribution >= 4 is 22.6 Å². The molecule has 0 radical (unpaired) electrons. The van der Waals surface area contributed by atoms with Gasteiger partial charge in [-0.2, -0.15) is 0 Å². The van der Waals surface area contributed by atoms with E-state index in [-0.39, 0.29) is 23.6 Å². The topological polar surface area (TPSA) is 82.3 Å². The van der Waals surface area contributed by atoms with Crippen LogP contribution in [0.15, 0.2) is 30.5 Å². The Morgan fingerprint density at radius 3 is 2.89 bits per heavy atom. The molecule has 1 heterocycles. The van der Waals surface area contributed by atoms with Gasteiger partial charge in [-0.15, -0.1) is 0 Å². The van der Waals surface area contributed by atoms with Crippen molar-refractivity contribution in [2.75, 3.05) is 6.61 Å². The van der Waals surface area contributed by atoms with Crippen LogP contribution in [0.4, 0.5) is 5.69 Å². The minimum absolute atomic E-state index is 0.0665. The fraction of sp³-hybridized carbons (Fsp3) is 0.231. The van der Waals surface area contributed by atoms with Gasteiger partial charge in [0.1, 0.15) is 5.52 Å². The van der Waals surface area contributed by atoms with E-state index >= 15 is 0 Å². The van der Waals surface area contributed by atoms with Crippen LogP contribution < -0.4 is 0 Å². The van der Waals surface area contributed by atoms with E-state index in [1.165, 1.54) is 12.3 Å². The van der Waals surface area contributed by atoms with Gasteiger partial charge in [-0.05, 0) is 18.6 Å². The molecule has 0 spiro atoms. The molecule has 2 aromatic rings. The first-order valence-electron chi connectivity index (χ1n) is 5.80. The zero-order chi connectivity index (χ0) is 13.8. The smallest absolute Gasteiger partial charge is 0.310 e. The molecule has 0 fully saturated rings. The van der Waals surface area contributed by atoms with Crippen LogP contribution in [-0.2, 0) is 16.0 Å². The maximum Gasteiger partial charge on any atom is 0.310 e. The van der Waals surface area contributed by atoms with Gasteiger partial charge in [-0.1, -0.05) is 12.1 Å². The van der Waals surface area contributed by atoms with E-state index in [9.17, 15) is 14.9 Å². The first kappa shape index (κ1) is 12.9. The van der Waals surface area contributed by atoms with E-state index < -0.39 is 4.92 Å². The van der Waals surface area contributed by atoms with Gasteiger partial charge in [-0.3, -0.25) is 14.9 Å². The summed E-state index contributed by atoms with van der Waals surface area (Å²) in [6.07, 6.45) is 1.54. The Labute approximate surface area is 109 Å². The molecule has 0 unspecified atom stereocenters. The highest BCUT2D eigenvalue weighted by Crippen LogP contribution is 2.25. The molecule has 6 nitrogen and oxygen atoms in total. The van der Waals surface area contributed by atoms with Gasteiger partial charge in [0.2, 0.25) is 0 Å². The lowest BCUT2D eigenvalue weighted by Crippen LogP contribution is -2.08. The van der Waals surface area contributed by atoms with Crippen LogP contribution in [0.25, 0.3) is 10.9 Å². The normalized spacial score (nSPS) is 10.4. The summed E-state index contributed by atoms with van der Waals surface area (Å²) < 4.78 is 4.88. The number of para-hydroxylation sites is 1. The number of ether oxygens (including phenoxy) is 1. The highest BCUT2D eigenvalue weighted by atomic mass is 16.6. The first-order valence-corrected chi connectivity index (χ1v) is 5.80. The zero-order valence-corrected chi connectivity index (χ0v) is 10.3. The van der Waals surface area contributed by atoms with Gasteiger partial charge in [0, 0.05) is 17.6 Å². The highest BCUT2D eigenvalue weighted by Gasteiger charge is 2.15. The van der Waals surface area contributed by atoms with Gasteiger partial charge in [0.15, 0.2) is 0 Å². The van der Waals surface area contributed by atoms with Crippen molar-refractivity contribution in [2.24, 2.45) is 0 Å². The van der Waals surface area contributed by atoms with Crippen LogP contribution in [0.1, 0.15) is 12.5 Å². The summed E-state index contributed by atoms with van der Waals surface area (Å²) in [5, 5.41) is 11.5. The number of hydrogen-bond acceptors (Lipinski definition) is 5. The molecule has 0 N–H and O–H groups in total. The Kier molecular flexibility index (Phi) is 3.70. The standard InChI is InChI=1S/C13H12N2O4/c1-2-19-12(16)8-9-6-7-14-13-10(9)4-3-5-11(13)15(17)18/h3-7H,2,8H2,1H3. The maximum atomic E-state index is 11.5. The van der Waals surface area contributed by atoms with Crippen molar-refractivity contribution in [3.63, 3.8) is 0 Å². The summed E-state index contributed by atoms with van der Waals surface area (Å²) in [4.78, 5) is 26.0. The van der Waals surface area contributed by atoms with Crippen LogP contribution in [0.5, 0.6) is 0 Å². The van der Waals surface area contributed by atoms with Gasteiger partial charge in [0.25, 0.3) is 5.69 Å². The second-order valence-electron chi connectivity index (χ2n) is 3.88. The number of pyridine rings is 1. The maximum absolute atomic E-state index is 11.5. The fourth-order valence-corrected chi connectivity index (χ4v) is 1.89. The van der Waals surface area contributed by atoms with E-state index in [1.807, 2.05) is 0 Å². The fourth-order valence-electron chi connectivity index (χ4n) is 1.89. The molecule has 6 heteroatoms. The van der Waals surface area contributed by atoms with Gasteiger partial charge in [0.05, 0.1) is 18.0 Å². The van der Waals surface area contributed by atoms with E-state index in [2.05, 4.69) is 4.98 Å². The molecule has 0 bridgehead atoms. The molecule has 2 rings (SSSR count). The van der Waals surface area contributed by atoms with Crippen LogP contribution in [0.3, 0.4) is 0 Å². The number of esters is 1.